The molecule has 0 atom stereocenters. The fourth-order valence-electron chi connectivity index (χ4n) is 3.37. The molecule has 1 aromatic heterocycles. The lowest BCUT2D eigenvalue weighted by Crippen LogP contribution is -2.31. The van der Waals surface area contributed by atoms with E-state index in [1.54, 1.807) is 38.1 Å². The van der Waals surface area contributed by atoms with Crippen LogP contribution in [0, 0.1) is 6.92 Å². The summed E-state index contributed by atoms with van der Waals surface area (Å²) >= 11 is 0.927. The molecule has 3 amide bonds. The van der Waals surface area contributed by atoms with Crippen molar-refractivity contribution in [3.05, 3.63) is 51.4 Å². The molecule has 0 saturated carbocycles. The summed E-state index contributed by atoms with van der Waals surface area (Å²) in [5.41, 5.74) is 1.17. The van der Waals surface area contributed by atoms with Gasteiger partial charge in [-0.3, -0.25) is 19.3 Å². The summed E-state index contributed by atoms with van der Waals surface area (Å²) in [6.45, 7) is 3.45. The largest absolute Gasteiger partial charge is 0.465 e. The minimum absolute atomic E-state index is 0.000174. The van der Waals surface area contributed by atoms with Crippen LogP contribution in [0.25, 0.3) is 0 Å². The summed E-state index contributed by atoms with van der Waals surface area (Å²) in [7, 11) is 1.23. The Morgan fingerprint density at radius 1 is 1.06 bits per heavy atom. The van der Waals surface area contributed by atoms with Crippen LogP contribution in [-0.4, -0.2) is 54.8 Å². The molecule has 1 N–H and O–H groups in total. The van der Waals surface area contributed by atoms with Crippen molar-refractivity contribution in [2.75, 3.05) is 25.6 Å². The molecule has 2 heterocycles. The maximum atomic E-state index is 12.5. The number of benzene rings is 1. The maximum Gasteiger partial charge on any atom is 0.348 e. The fraction of sp³-hybridized carbons (Fsp3) is 0.318. The van der Waals surface area contributed by atoms with Crippen molar-refractivity contribution >= 4 is 46.0 Å². The smallest absolute Gasteiger partial charge is 0.348 e. The van der Waals surface area contributed by atoms with Crippen molar-refractivity contribution in [1.29, 1.82) is 0 Å². The van der Waals surface area contributed by atoms with Gasteiger partial charge in [0.15, 0.2) is 0 Å². The molecule has 0 fully saturated rings. The molecular formula is C22H22N2O7S. The van der Waals surface area contributed by atoms with E-state index < -0.39 is 17.8 Å². The molecule has 3 rings (SSSR count). The molecule has 10 heteroatoms. The van der Waals surface area contributed by atoms with Gasteiger partial charge in [-0.1, -0.05) is 12.1 Å². The number of methoxy groups -OCH3 is 1. The molecule has 168 valence electrons. The van der Waals surface area contributed by atoms with Gasteiger partial charge in [0.25, 0.3) is 11.8 Å². The first-order valence-electron chi connectivity index (χ1n) is 9.94. The van der Waals surface area contributed by atoms with Gasteiger partial charge in [0.1, 0.15) is 9.88 Å². The average molecular weight is 458 g/mol. The van der Waals surface area contributed by atoms with Crippen LogP contribution in [0.5, 0.6) is 0 Å². The van der Waals surface area contributed by atoms with Crippen molar-refractivity contribution < 1.29 is 33.4 Å². The number of fused-ring (bicyclic) bond motifs is 1. The highest BCUT2D eigenvalue weighted by atomic mass is 32.1. The van der Waals surface area contributed by atoms with E-state index in [2.05, 4.69) is 5.32 Å². The fourth-order valence-corrected chi connectivity index (χ4v) is 4.50. The Labute approximate surface area is 188 Å². The summed E-state index contributed by atoms with van der Waals surface area (Å²) in [6, 6.07) is 6.57. The van der Waals surface area contributed by atoms with Gasteiger partial charge in [0, 0.05) is 13.0 Å². The first kappa shape index (κ1) is 23.1. The van der Waals surface area contributed by atoms with Gasteiger partial charge >= 0.3 is 11.9 Å². The second-order valence-electron chi connectivity index (χ2n) is 6.93. The van der Waals surface area contributed by atoms with E-state index in [-0.39, 0.29) is 53.2 Å². The number of rotatable bonds is 8. The van der Waals surface area contributed by atoms with Crippen LogP contribution in [-0.2, 0) is 14.3 Å². The quantitative estimate of drug-likeness (QED) is 0.477. The number of imide groups is 1. The Hall–Kier alpha value is -3.53. The molecule has 0 spiro atoms. The number of thiophene rings is 1. The molecule has 0 bridgehead atoms. The number of nitrogens with zero attached hydrogens (tertiary/aromatic N) is 1. The predicted molar refractivity (Wildman–Crippen MR) is 116 cm³/mol. The molecule has 0 saturated heterocycles. The summed E-state index contributed by atoms with van der Waals surface area (Å²) in [5, 5.41) is 2.82. The topological polar surface area (TPSA) is 119 Å². The van der Waals surface area contributed by atoms with Crippen LogP contribution < -0.4 is 5.32 Å². The van der Waals surface area contributed by atoms with Gasteiger partial charge in [-0.05, 0) is 38.0 Å². The van der Waals surface area contributed by atoms with Gasteiger partial charge in [-0.15, -0.1) is 11.3 Å². The number of nitrogens with one attached hydrogen (secondary N) is 1. The summed E-state index contributed by atoms with van der Waals surface area (Å²) in [5.74, 6) is -2.47. The minimum atomic E-state index is -0.655. The monoisotopic (exact) mass is 458 g/mol. The molecule has 1 aromatic carbocycles. The SMILES string of the molecule is CCOC(=O)c1c(NC(=O)CCCN2C(=O)c3ccccc3C2=O)sc(C(=O)OC)c1C. The molecule has 9 nitrogen and oxygen atoms in total. The summed E-state index contributed by atoms with van der Waals surface area (Å²) < 4.78 is 9.78. The van der Waals surface area contributed by atoms with Gasteiger partial charge < -0.3 is 14.8 Å². The van der Waals surface area contributed by atoms with E-state index >= 15 is 0 Å². The molecule has 0 unspecified atom stereocenters. The summed E-state index contributed by atoms with van der Waals surface area (Å²) in [4.78, 5) is 63.0. The molecule has 0 radical (unpaired) electrons. The van der Waals surface area contributed by atoms with E-state index in [1.165, 1.54) is 7.11 Å². The molecule has 2 aromatic rings. The van der Waals surface area contributed by atoms with Gasteiger partial charge in [-0.25, -0.2) is 9.59 Å². The number of hydrogen-bond acceptors (Lipinski definition) is 8. The molecule has 1 aliphatic rings. The van der Waals surface area contributed by atoms with Crippen molar-refractivity contribution in [3.63, 3.8) is 0 Å². The normalized spacial score (nSPS) is 12.5. The van der Waals surface area contributed by atoms with Crippen molar-refractivity contribution in [2.24, 2.45) is 0 Å². The highest BCUT2D eigenvalue weighted by Crippen LogP contribution is 2.34. The highest BCUT2D eigenvalue weighted by molar-refractivity contribution is 7.18. The van der Waals surface area contributed by atoms with Gasteiger partial charge in [0.05, 0.1) is 30.4 Å². The maximum absolute atomic E-state index is 12.5. The Bertz CT molecular complexity index is 1070. The van der Waals surface area contributed by atoms with E-state index in [0.717, 1.165) is 16.2 Å². The van der Waals surface area contributed by atoms with Crippen LogP contribution in [0.15, 0.2) is 24.3 Å². The third-order valence-corrected chi connectivity index (χ3v) is 6.10. The minimum Gasteiger partial charge on any atom is -0.465 e. The zero-order chi connectivity index (χ0) is 23.4. The van der Waals surface area contributed by atoms with E-state index in [1.807, 2.05) is 0 Å². The number of hydrogen-bond donors (Lipinski definition) is 1. The Morgan fingerprint density at radius 3 is 2.25 bits per heavy atom. The van der Waals surface area contributed by atoms with Crippen molar-refractivity contribution in [3.8, 4) is 0 Å². The third-order valence-electron chi connectivity index (χ3n) is 4.91. The van der Waals surface area contributed by atoms with E-state index in [9.17, 15) is 24.0 Å². The van der Waals surface area contributed by atoms with Crippen LogP contribution in [0.3, 0.4) is 0 Å². The van der Waals surface area contributed by atoms with Gasteiger partial charge in [-0.2, -0.15) is 0 Å². The lowest BCUT2D eigenvalue weighted by atomic mass is 10.1. The van der Waals surface area contributed by atoms with E-state index in [0.29, 0.717) is 16.7 Å². The Balaban J connectivity index is 1.66. The molecular weight excluding hydrogens is 436 g/mol. The van der Waals surface area contributed by atoms with Crippen LogP contribution in [0.4, 0.5) is 5.00 Å². The van der Waals surface area contributed by atoms with Gasteiger partial charge in [0.2, 0.25) is 5.91 Å². The summed E-state index contributed by atoms with van der Waals surface area (Å²) in [6.07, 6.45) is 0.237. The number of amides is 3. The van der Waals surface area contributed by atoms with Crippen LogP contribution >= 0.6 is 11.3 Å². The second-order valence-corrected chi connectivity index (χ2v) is 7.95. The Morgan fingerprint density at radius 2 is 1.69 bits per heavy atom. The van der Waals surface area contributed by atoms with Crippen molar-refractivity contribution in [1.82, 2.24) is 4.90 Å². The lowest BCUT2D eigenvalue weighted by molar-refractivity contribution is -0.116. The first-order valence-corrected chi connectivity index (χ1v) is 10.8. The number of anilines is 1. The molecule has 32 heavy (non-hydrogen) atoms. The third kappa shape index (κ3) is 4.40. The zero-order valence-electron chi connectivity index (χ0n) is 17.9. The van der Waals surface area contributed by atoms with Crippen LogP contribution in [0.2, 0.25) is 0 Å². The second kappa shape index (κ2) is 9.73. The first-order chi connectivity index (χ1) is 15.3. The Kier molecular flexibility index (Phi) is 7.04. The van der Waals surface area contributed by atoms with Crippen LogP contribution in [0.1, 0.15) is 66.1 Å². The zero-order valence-corrected chi connectivity index (χ0v) is 18.7. The number of ether oxygens (including phenoxy) is 2. The predicted octanol–water partition coefficient (Wildman–Crippen LogP) is 3.03. The van der Waals surface area contributed by atoms with E-state index in [4.69, 9.17) is 9.47 Å². The average Bonchev–Trinajstić information content (AvgIpc) is 3.22. The number of carbonyl (C=O) groups excluding carboxylic acids is 5. The number of esters is 2. The van der Waals surface area contributed by atoms with Crippen molar-refractivity contribution in [2.45, 2.75) is 26.7 Å². The molecule has 0 aliphatic carbocycles. The molecule has 1 aliphatic heterocycles. The number of carbonyl (C=O) groups is 5. The standard InChI is InChI=1S/C22H22N2O7S/c1-4-31-21(28)16-12(2)17(22(29)30-3)32-18(16)23-15(25)10-7-11-24-19(26)13-8-5-6-9-14(13)20(24)27/h5-6,8-9H,4,7,10-11H2,1-3H3,(H,23,25). The highest BCUT2D eigenvalue weighted by Gasteiger charge is 2.34. The lowest BCUT2D eigenvalue weighted by Gasteiger charge is -2.13.